The molecule has 0 amide bonds. The van der Waals surface area contributed by atoms with Crippen molar-refractivity contribution in [2.45, 2.75) is 45.2 Å². The van der Waals surface area contributed by atoms with Crippen LogP contribution in [0.1, 0.15) is 48.5 Å². The lowest BCUT2D eigenvalue weighted by molar-refractivity contribution is 0.247. The van der Waals surface area contributed by atoms with Gasteiger partial charge < -0.3 is 4.90 Å². The van der Waals surface area contributed by atoms with Gasteiger partial charge in [0.05, 0.1) is 0 Å². The van der Waals surface area contributed by atoms with Gasteiger partial charge in [-0.3, -0.25) is 4.90 Å². The topological polar surface area (TPSA) is 19.4 Å². The number of rotatable bonds is 4. The second-order valence-corrected chi connectivity index (χ2v) is 7.15. The van der Waals surface area contributed by atoms with E-state index in [4.69, 9.17) is 4.98 Å². The summed E-state index contributed by atoms with van der Waals surface area (Å²) in [5.74, 6) is 1.17. The normalized spacial score (nSPS) is 21.5. The molecule has 0 spiro atoms. The van der Waals surface area contributed by atoms with Gasteiger partial charge in [0.25, 0.3) is 0 Å². The zero-order valence-corrected chi connectivity index (χ0v) is 14.6. The minimum atomic E-state index is 0.519. The molecule has 1 atom stereocenters. The maximum Gasteiger partial charge on any atom is 0.128 e. The number of hydrogen-bond donors (Lipinski definition) is 0. The van der Waals surface area contributed by atoms with E-state index >= 15 is 0 Å². The molecule has 1 unspecified atom stereocenters. The van der Waals surface area contributed by atoms with E-state index in [9.17, 15) is 0 Å². The smallest absolute Gasteiger partial charge is 0.128 e. The number of hydrogen-bond acceptors (Lipinski definition) is 3. The molecule has 3 heterocycles. The minimum absolute atomic E-state index is 0.519. The average molecular weight is 321 g/mol. The zero-order valence-electron chi connectivity index (χ0n) is 14.6. The van der Waals surface area contributed by atoms with Gasteiger partial charge in [0.15, 0.2) is 0 Å². The molecule has 3 heteroatoms. The van der Waals surface area contributed by atoms with Gasteiger partial charge in [-0.25, -0.2) is 4.98 Å². The Morgan fingerprint density at radius 1 is 0.958 bits per heavy atom. The first kappa shape index (κ1) is 15.6. The maximum atomic E-state index is 4.94. The maximum absolute atomic E-state index is 4.94. The van der Waals surface area contributed by atoms with Crippen molar-refractivity contribution in [3.8, 4) is 0 Å². The Balaban J connectivity index is 1.53. The van der Waals surface area contributed by atoms with Gasteiger partial charge in [0, 0.05) is 31.4 Å². The average Bonchev–Trinajstić information content (AvgIpc) is 3.28. The Labute approximate surface area is 145 Å². The van der Waals surface area contributed by atoms with Crippen LogP contribution >= 0.6 is 0 Å². The molecule has 126 valence electrons. The molecule has 0 radical (unpaired) electrons. The van der Waals surface area contributed by atoms with E-state index in [-0.39, 0.29) is 0 Å². The molecule has 2 aliphatic heterocycles. The fourth-order valence-corrected chi connectivity index (χ4v) is 4.22. The van der Waals surface area contributed by atoms with Crippen molar-refractivity contribution in [2.24, 2.45) is 0 Å². The number of nitrogens with zero attached hydrogens (tertiary/aromatic N) is 3. The summed E-state index contributed by atoms with van der Waals surface area (Å²) in [7, 11) is 0. The fourth-order valence-electron chi connectivity index (χ4n) is 4.22. The van der Waals surface area contributed by atoms with Gasteiger partial charge in [-0.1, -0.05) is 36.4 Å². The number of anilines is 1. The van der Waals surface area contributed by atoms with E-state index in [1.165, 1.54) is 54.9 Å². The third-order valence-electron chi connectivity index (χ3n) is 5.49. The number of likely N-dealkylation sites (tertiary alicyclic amines) is 1. The van der Waals surface area contributed by atoms with Crippen molar-refractivity contribution >= 4 is 5.82 Å². The summed E-state index contributed by atoms with van der Waals surface area (Å²) in [6.07, 6.45) is 5.13. The number of benzene rings is 1. The summed E-state index contributed by atoms with van der Waals surface area (Å²) in [4.78, 5) is 9.98. The van der Waals surface area contributed by atoms with E-state index in [2.05, 4.69) is 59.2 Å². The molecule has 0 aliphatic carbocycles. The molecule has 1 aromatic heterocycles. The Kier molecular flexibility index (Phi) is 4.52. The van der Waals surface area contributed by atoms with Crippen molar-refractivity contribution in [3.63, 3.8) is 0 Å². The van der Waals surface area contributed by atoms with Crippen molar-refractivity contribution in [1.82, 2.24) is 9.88 Å². The SMILES string of the molecule is Cc1nc(N2CCCC2)ccc1C1CCCN1Cc1ccccc1. The molecule has 0 bridgehead atoms. The van der Waals surface area contributed by atoms with Crippen molar-refractivity contribution in [2.75, 3.05) is 24.5 Å². The predicted molar refractivity (Wildman–Crippen MR) is 99.2 cm³/mol. The predicted octanol–water partition coefficient (Wildman–Crippen LogP) is 4.33. The highest BCUT2D eigenvalue weighted by atomic mass is 15.2. The monoisotopic (exact) mass is 321 g/mol. The molecule has 1 aromatic carbocycles. The van der Waals surface area contributed by atoms with E-state index in [0.717, 1.165) is 19.6 Å². The standard InChI is InChI=1S/C21H27N3/c1-17-19(11-12-21(22-17)23-13-5-6-14-23)20-10-7-15-24(20)16-18-8-3-2-4-9-18/h2-4,8-9,11-12,20H,5-7,10,13-16H2,1H3. The second-order valence-electron chi connectivity index (χ2n) is 7.15. The van der Waals surface area contributed by atoms with Crippen LogP contribution in [0.25, 0.3) is 0 Å². The number of pyridine rings is 1. The summed E-state index contributed by atoms with van der Waals surface area (Å²) < 4.78 is 0. The highest BCUT2D eigenvalue weighted by Gasteiger charge is 2.28. The molecule has 2 fully saturated rings. The molecule has 0 N–H and O–H groups in total. The molecule has 2 saturated heterocycles. The molecular formula is C21H27N3. The third kappa shape index (κ3) is 3.18. The van der Waals surface area contributed by atoms with E-state index in [0.29, 0.717) is 6.04 Å². The van der Waals surface area contributed by atoms with Crippen molar-refractivity contribution < 1.29 is 0 Å². The zero-order chi connectivity index (χ0) is 16.4. The number of aryl methyl sites for hydroxylation is 1. The lowest BCUT2D eigenvalue weighted by atomic mass is 10.0. The lowest BCUT2D eigenvalue weighted by Gasteiger charge is -2.27. The van der Waals surface area contributed by atoms with Gasteiger partial charge in [-0.2, -0.15) is 0 Å². The Bertz CT molecular complexity index is 677. The van der Waals surface area contributed by atoms with Gasteiger partial charge in [-0.15, -0.1) is 0 Å². The largest absolute Gasteiger partial charge is 0.357 e. The van der Waals surface area contributed by atoms with Crippen LogP contribution in [-0.4, -0.2) is 29.5 Å². The van der Waals surface area contributed by atoms with Crippen LogP contribution in [0.4, 0.5) is 5.82 Å². The van der Waals surface area contributed by atoms with Gasteiger partial charge in [0.1, 0.15) is 5.82 Å². The molecular weight excluding hydrogens is 294 g/mol. The summed E-state index contributed by atoms with van der Waals surface area (Å²) in [5, 5.41) is 0. The molecule has 2 aromatic rings. The Hall–Kier alpha value is -1.87. The van der Waals surface area contributed by atoms with E-state index < -0.39 is 0 Å². The molecule has 3 nitrogen and oxygen atoms in total. The van der Waals surface area contributed by atoms with Crippen LogP contribution in [0.5, 0.6) is 0 Å². The quantitative estimate of drug-likeness (QED) is 0.835. The van der Waals surface area contributed by atoms with Gasteiger partial charge in [0.2, 0.25) is 0 Å². The highest BCUT2D eigenvalue weighted by molar-refractivity contribution is 5.43. The molecule has 4 rings (SSSR count). The van der Waals surface area contributed by atoms with Crippen LogP contribution in [0, 0.1) is 6.92 Å². The Morgan fingerprint density at radius 3 is 2.50 bits per heavy atom. The van der Waals surface area contributed by atoms with Crippen molar-refractivity contribution in [1.29, 1.82) is 0 Å². The second kappa shape index (κ2) is 6.94. The summed E-state index contributed by atoms with van der Waals surface area (Å²) >= 11 is 0. The summed E-state index contributed by atoms with van der Waals surface area (Å²) in [6, 6.07) is 15.9. The Morgan fingerprint density at radius 2 is 1.75 bits per heavy atom. The molecule has 2 aliphatic rings. The van der Waals surface area contributed by atoms with Crippen molar-refractivity contribution in [3.05, 3.63) is 59.3 Å². The van der Waals surface area contributed by atoms with Gasteiger partial charge >= 0.3 is 0 Å². The lowest BCUT2D eigenvalue weighted by Crippen LogP contribution is -2.24. The molecule has 0 saturated carbocycles. The summed E-state index contributed by atoms with van der Waals surface area (Å²) in [5.41, 5.74) is 4.04. The highest BCUT2D eigenvalue weighted by Crippen LogP contribution is 2.35. The van der Waals surface area contributed by atoms with Crippen LogP contribution in [0.2, 0.25) is 0 Å². The summed E-state index contributed by atoms with van der Waals surface area (Å²) in [6.45, 7) is 6.74. The van der Waals surface area contributed by atoms with Crippen LogP contribution in [-0.2, 0) is 6.54 Å². The number of aromatic nitrogens is 1. The van der Waals surface area contributed by atoms with Gasteiger partial charge in [-0.05, 0) is 56.3 Å². The first-order valence-corrected chi connectivity index (χ1v) is 9.32. The minimum Gasteiger partial charge on any atom is -0.357 e. The van der Waals surface area contributed by atoms with E-state index in [1.807, 2.05) is 0 Å². The first-order valence-electron chi connectivity index (χ1n) is 9.32. The fraction of sp³-hybridized carbons (Fsp3) is 0.476. The molecule has 24 heavy (non-hydrogen) atoms. The van der Waals surface area contributed by atoms with Crippen LogP contribution < -0.4 is 4.90 Å². The first-order chi connectivity index (χ1) is 11.8. The third-order valence-corrected chi connectivity index (χ3v) is 5.49. The van der Waals surface area contributed by atoms with E-state index in [1.54, 1.807) is 0 Å². The van der Waals surface area contributed by atoms with Crippen LogP contribution in [0.3, 0.4) is 0 Å². The van der Waals surface area contributed by atoms with Crippen LogP contribution in [0.15, 0.2) is 42.5 Å².